The average Bonchev–Trinajstić information content (AvgIpc) is 3.18. The molecule has 0 saturated carbocycles. The van der Waals surface area contributed by atoms with Crippen molar-refractivity contribution in [2.24, 2.45) is 0 Å². The molecule has 4 rings (SSSR count). The van der Waals surface area contributed by atoms with Crippen LogP contribution in [-0.2, 0) is 0 Å². The Balaban J connectivity index is 1.85. The standard InChI is InChI=1S/C22H23ClN4S/c1-4-26-21(20(25-22(26)28)18-10-7-8-12-24-18)16-13-14(2)27(15(16)3)19-11-6-5-9-17(19)23/h5-13,20-21H,4H2,1-3H3,(H,25,28)/t20-,21-/m0/s1. The third kappa shape index (κ3) is 3.09. The Hall–Kier alpha value is -2.37. The molecule has 0 aliphatic carbocycles. The molecule has 1 aliphatic rings. The molecule has 3 heterocycles. The van der Waals surface area contributed by atoms with Gasteiger partial charge in [0.05, 0.1) is 28.5 Å². The first-order valence-electron chi connectivity index (χ1n) is 9.44. The number of hydrogen-bond donors (Lipinski definition) is 1. The van der Waals surface area contributed by atoms with Crippen molar-refractivity contribution in [3.63, 3.8) is 0 Å². The predicted molar refractivity (Wildman–Crippen MR) is 118 cm³/mol. The topological polar surface area (TPSA) is 33.1 Å². The van der Waals surface area contributed by atoms with Crippen molar-refractivity contribution in [2.75, 3.05) is 6.54 Å². The molecule has 1 N–H and O–H groups in total. The zero-order valence-corrected chi connectivity index (χ0v) is 17.8. The lowest BCUT2D eigenvalue weighted by atomic mass is 9.97. The Bertz CT molecular complexity index is 1010. The fourth-order valence-corrected chi connectivity index (χ4v) is 4.77. The second kappa shape index (κ2) is 7.57. The number of likely N-dealkylation sites (N-methyl/N-ethyl adjacent to an activating group) is 1. The van der Waals surface area contributed by atoms with Crippen LogP contribution >= 0.6 is 23.8 Å². The third-order valence-electron chi connectivity index (χ3n) is 5.42. The smallest absolute Gasteiger partial charge is 0.170 e. The molecule has 1 fully saturated rings. The number of halogens is 1. The molecular weight excluding hydrogens is 388 g/mol. The van der Waals surface area contributed by atoms with Crippen LogP contribution in [0.1, 0.15) is 41.7 Å². The van der Waals surface area contributed by atoms with Gasteiger partial charge in [-0.25, -0.2) is 0 Å². The number of aromatic nitrogens is 2. The van der Waals surface area contributed by atoms with Crippen molar-refractivity contribution >= 4 is 28.9 Å². The summed E-state index contributed by atoms with van der Waals surface area (Å²) in [6.07, 6.45) is 1.83. The van der Waals surface area contributed by atoms with Gasteiger partial charge in [0.2, 0.25) is 0 Å². The van der Waals surface area contributed by atoms with Gasteiger partial charge in [0.15, 0.2) is 5.11 Å². The van der Waals surface area contributed by atoms with E-state index in [-0.39, 0.29) is 12.1 Å². The Labute approximate surface area is 176 Å². The largest absolute Gasteiger partial charge is 0.352 e. The molecule has 0 radical (unpaired) electrons. The van der Waals surface area contributed by atoms with Gasteiger partial charge < -0.3 is 14.8 Å². The molecule has 1 saturated heterocycles. The van der Waals surface area contributed by atoms with Crippen molar-refractivity contribution in [3.05, 3.63) is 82.4 Å². The Morgan fingerprint density at radius 2 is 1.89 bits per heavy atom. The van der Waals surface area contributed by atoms with Crippen molar-refractivity contribution in [2.45, 2.75) is 32.9 Å². The minimum atomic E-state index is 0.00819. The first-order valence-corrected chi connectivity index (χ1v) is 10.2. The lowest BCUT2D eigenvalue weighted by molar-refractivity contribution is 0.329. The number of benzene rings is 1. The molecular formula is C22H23ClN4S. The number of para-hydroxylation sites is 1. The maximum Gasteiger partial charge on any atom is 0.170 e. The van der Waals surface area contributed by atoms with E-state index in [0.29, 0.717) is 0 Å². The summed E-state index contributed by atoms with van der Waals surface area (Å²) in [6.45, 7) is 7.23. The fourth-order valence-electron chi connectivity index (χ4n) is 4.18. The molecule has 0 spiro atoms. The monoisotopic (exact) mass is 410 g/mol. The minimum Gasteiger partial charge on any atom is -0.352 e. The summed E-state index contributed by atoms with van der Waals surface area (Å²) in [4.78, 5) is 6.84. The molecule has 28 heavy (non-hydrogen) atoms. The SMILES string of the molecule is CCN1C(=S)N[C@@H](c2ccccn2)[C@@H]1c1cc(C)n(-c2ccccc2Cl)c1C. The van der Waals surface area contributed by atoms with Crippen LogP contribution in [0.4, 0.5) is 0 Å². The van der Waals surface area contributed by atoms with Gasteiger partial charge in [-0.2, -0.15) is 0 Å². The summed E-state index contributed by atoms with van der Waals surface area (Å²) >= 11 is 12.2. The number of pyridine rings is 1. The van der Waals surface area contributed by atoms with Crippen LogP contribution in [0.2, 0.25) is 5.02 Å². The van der Waals surface area contributed by atoms with E-state index in [0.717, 1.165) is 33.8 Å². The van der Waals surface area contributed by atoms with Gasteiger partial charge in [-0.1, -0.05) is 29.8 Å². The molecule has 1 aromatic carbocycles. The van der Waals surface area contributed by atoms with Crippen molar-refractivity contribution in [1.82, 2.24) is 19.8 Å². The van der Waals surface area contributed by atoms with Crippen molar-refractivity contribution in [3.8, 4) is 5.69 Å². The summed E-state index contributed by atoms with van der Waals surface area (Å²) in [6, 6.07) is 16.3. The average molecular weight is 411 g/mol. The number of hydrogen-bond acceptors (Lipinski definition) is 2. The van der Waals surface area contributed by atoms with Gasteiger partial charge in [-0.05, 0) is 68.9 Å². The second-order valence-corrected chi connectivity index (χ2v) is 7.82. The van der Waals surface area contributed by atoms with E-state index in [1.165, 1.54) is 11.3 Å². The highest BCUT2D eigenvalue weighted by Gasteiger charge is 2.40. The van der Waals surface area contributed by atoms with Crippen LogP contribution < -0.4 is 5.32 Å². The second-order valence-electron chi connectivity index (χ2n) is 7.03. The number of rotatable bonds is 4. The molecule has 0 bridgehead atoms. The van der Waals surface area contributed by atoms with Crippen LogP contribution in [0.25, 0.3) is 5.69 Å². The van der Waals surface area contributed by atoms with E-state index in [2.05, 4.69) is 58.7 Å². The molecule has 3 aromatic rings. The quantitative estimate of drug-likeness (QED) is 0.604. The first-order chi connectivity index (χ1) is 13.5. The molecule has 2 atom stereocenters. The number of aryl methyl sites for hydroxylation is 1. The lowest BCUT2D eigenvalue weighted by Gasteiger charge is -2.27. The van der Waals surface area contributed by atoms with E-state index in [9.17, 15) is 0 Å². The summed E-state index contributed by atoms with van der Waals surface area (Å²) in [7, 11) is 0. The van der Waals surface area contributed by atoms with E-state index < -0.39 is 0 Å². The third-order valence-corrected chi connectivity index (χ3v) is 6.09. The van der Waals surface area contributed by atoms with E-state index in [1.54, 1.807) is 0 Å². The molecule has 0 amide bonds. The van der Waals surface area contributed by atoms with Crippen LogP contribution in [0.5, 0.6) is 0 Å². The molecule has 4 nitrogen and oxygen atoms in total. The Kier molecular flexibility index (Phi) is 5.13. The molecule has 6 heteroatoms. The normalized spacial score (nSPS) is 19.1. The fraction of sp³-hybridized carbons (Fsp3) is 0.273. The molecule has 0 unspecified atom stereocenters. The Morgan fingerprint density at radius 3 is 2.57 bits per heavy atom. The van der Waals surface area contributed by atoms with Crippen molar-refractivity contribution in [1.29, 1.82) is 0 Å². The maximum absolute atomic E-state index is 6.50. The van der Waals surface area contributed by atoms with Gasteiger partial charge in [0, 0.05) is 24.1 Å². The summed E-state index contributed by atoms with van der Waals surface area (Å²) in [5, 5.41) is 5.00. The zero-order chi connectivity index (χ0) is 19.8. The number of nitrogens with zero attached hydrogens (tertiary/aromatic N) is 3. The zero-order valence-electron chi connectivity index (χ0n) is 16.2. The molecule has 2 aromatic heterocycles. The van der Waals surface area contributed by atoms with Gasteiger partial charge in [-0.3, -0.25) is 4.98 Å². The van der Waals surface area contributed by atoms with E-state index >= 15 is 0 Å². The molecule has 144 valence electrons. The van der Waals surface area contributed by atoms with Crippen LogP contribution in [-0.4, -0.2) is 26.1 Å². The highest BCUT2D eigenvalue weighted by atomic mass is 35.5. The predicted octanol–water partition coefficient (Wildman–Crippen LogP) is 5.13. The maximum atomic E-state index is 6.50. The summed E-state index contributed by atoms with van der Waals surface area (Å²) in [5.74, 6) is 0. The molecule has 1 aliphatic heterocycles. The van der Waals surface area contributed by atoms with Gasteiger partial charge in [0.1, 0.15) is 0 Å². The lowest BCUT2D eigenvalue weighted by Crippen LogP contribution is -2.29. The number of thiocarbonyl (C=S) groups is 1. The van der Waals surface area contributed by atoms with E-state index in [4.69, 9.17) is 23.8 Å². The highest BCUT2D eigenvalue weighted by molar-refractivity contribution is 7.80. The van der Waals surface area contributed by atoms with Crippen LogP contribution in [0.3, 0.4) is 0 Å². The summed E-state index contributed by atoms with van der Waals surface area (Å²) < 4.78 is 2.22. The van der Waals surface area contributed by atoms with E-state index in [1.807, 2.05) is 36.5 Å². The van der Waals surface area contributed by atoms with Gasteiger partial charge in [-0.15, -0.1) is 0 Å². The Morgan fingerprint density at radius 1 is 1.14 bits per heavy atom. The first kappa shape index (κ1) is 19.0. The van der Waals surface area contributed by atoms with Gasteiger partial charge >= 0.3 is 0 Å². The van der Waals surface area contributed by atoms with Crippen LogP contribution in [0, 0.1) is 13.8 Å². The highest BCUT2D eigenvalue weighted by Crippen LogP contribution is 2.41. The van der Waals surface area contributed by atoms with Crippen LogP contribution in [0.15, 0.2) is 54.7 Å². The van der Waals surface area contributed by atoms with Gasteiger partial charge in [0.25, 0.3) is 0 Å². The number of nitrogens with one attached hydrogen (secondary N) is 1. The summed E-state index contributed by atoms with van der Waals surface area (Å²) in [5.41, 5.74) is 5.54. The minimum absolute atomic E-state index is 0.00819. The van der Waals surface area contributed by atoms with Crippen molar-refractivity contribution < 1.29 is 0 Å².